The van der Waals surface area contributed by atoms with Gasteiger partial charge in [-0.2, -0.15) is 0 Å². The fourth-order valence-corrected chi connectivity index (χ4v) is 6.04. The molecule has 2 fully saturated rings. The summed E-state index contributed by atoms with van der Waals surface area (Å²) in [7, 11) is 0. The Hall–Kier alpha value is -0.340. The summed E-state index contributed by atoms with van der Waals surface area (Å²) >= 11 is 1.87. The molecule has 0 spiro atoms. The van der Waals surface area contributed by atoms with E-state index in [4.69, 9.17) is 5.73 Å². The number of rotatable bonds is 3. The Kier molecular flexibility index (Phi) is 2.64. The number of fused-ring (bicyclic) bond motifs is 2. The molecule has 1 aromatic heterocycles. The van der Waals surface area contributed by atoms with Crippen molar-refractivity contribution in [2.24, 2.45) is 23.0 Å². The molecule has 2 aliphatic rings. The zero-order valence-electron chi connectivity index (χ0n) is 10.9. The van der Waals surface area contributed by atoms with Gasteiger partial charge in [0.2, 0.25) is 0 Å². The van der Waals surface area contributed by atoms with Crippen molar-refractivity contribution in [1.29, 1.82) is 0 Å². The Labute approximate surface area is 108 Å². The van der Waals surface area contributed by atoms with E-state index in [-0.39, 0.29) is 5.54 Å². The topological polar surface area (TPSA) is 26.0 Å². The average Bonchev–Trinajstić information content (AvgIpc) is 3.06. The van der Waals surface area contributed by atoms with Crippen LogP contribution in [-0.4, -0.2) is 0 Å². The van der Waals surface area contributed by atoms with Gasteiger partial charge in [-0.1, -0.05) is 19.9 Å². The summed E-state index contributed by atoms with van der Waals surface area (Å²) in [5.41, 5.74) is 7.35. The highest BCUT2D eigenvalue weighted by Crippen LogP contribution is 2.67. The van der Waals surface area contributed by atoms with Crippen molar-refractivity contribution in [1.82, 2.24) is 0 Å². The summed E-state index contributed by atoms with van der Waals surface area (Å²) in [5.74, 6) is 1.60. The Morgan fingerprint density at radius 3 is 2.59 bits per heavy atom. The molecule has 1 aromatic rings. The largest absolute Gasteiger partial charge is 0.320 e. The van der Waals surface area contributed by atoms with Crippen LogP contribution in [-0.2, 0) is 5.54 Å². The Morgan fingerprint density at radius 1 is 1.29 bits per heavy atom. The van der Waals surface area contributed by atoms with Gasteiger partial charge in [0.15, 0.2) is 0 Å². The van der Waals surface area contributed by atoms with Crippen molar-refractivity contribution >= 4 is 11.3 Å². The zero-order chi connectivity index (χ0) is 12.1. The number of nitrogens with two attached hydrogens (primary N) is 1. The predicted octanol–water partition coefficient (Wildman–Crippen LogP) is 4.14. The maximum atomic E-state index is 7.02. The van der Waals surface area contributed by atoms with Crippen molar-refractivity contribution in [2.75, 3.05) is 0 Å². The number of thiophene rings is 1. The SMILES string of the molecule is CCC1(CC)[C@H]2CC[C@H](C2)[C@]1(N)c1cccs1. The number of hydrogen-bond donors (Lipinski definition) is 1. The molecule has 17 heavy (non-hydrogen) atoms. The van der Waals surface area contributed by atoms with Crippen LogP contribution in [0.3, 0.4) is 0 Å². The van der Waals surface area contributed by atoms with E-state index < -0.39 is 0 Å². The molecule has 0 radical (unpaired) electrons. The third kappa shape index (κ3) is 1.23. The second-order valence-corrected chi connectivity index (χ2v) is 6.86. The van der Waals surface area contributed by atoms with Crippen LogP contribution >= 0.6 is 11.3 Å². The molecule has 1 heterocycles. The molecule has 0 aromatic carbocycles. The highest BCUT2D eigenvalue weighted by atomic mass is 32.1. The zero-order valence-corrected chi connectivity index (χ0v) is 11.7. The first-order chi connectivity index (χ1) is 8.19. The van der Waals surface area contributed by atoms with Gasteiger partial charge in [-0.05, 0) is 60.8 Å². The summed E-state index contributed by atoms with van der Waals surface area (Å²) in [5, 5.41) is 2.19. The summed E-state index contributed by atoms with van der Waals surface area (Å²) in [4.78, 5) is 1.44. The van der Waals surface area contributed by atoms with E-state index in [1.807, 2.05) is 11.3 Å². The predicted molar refractivity (Wildman–Crippen MR) is 74.0 cm³/mol. The lowest BCUT2D eigenvalue weighted by atomic mass is 9.58. The third-order valence-electron chi connectivity index (χ3n) is 5.87. The molecule has 2 heteroatoms. The molecule has 3 atom stereocenters. The highest BCUT2D eigenvalue weighted by Gasteiger charge is 2.64. The summed E-state index contributed by atoms with van der Waals surface area (Å²) < 4.78 is 0. The van der Waals surface area contributed by atoms with Crippen molar-refractivity contribution in [2.45, 2.75) is 51.5 Å². The maximum absolute atomic E-state index is 7.02. The van der Waals surface area contributed by atoms with Gasteiger partial charge in [0.25, 0.3) is 0 Å². The smallest absolute Gasteiger partial charge is 0.0591 e. The van der Waals surface area contributed by atoms with E-state index in [1.165, 1.54) is 37.0 Å². The van der Waals surface area contributed by atoms with Gasteiger partial charge in [-0.15, -0.1) is 11.3 Å². The van der Waals surface area contributed by atoms with E-state index in [0.29, 0.717) is 5.41 Å². The van der Waals surface area contributed by atoms with Crippen molar-refractivity contribution in [3.63, 3.8) is 0 Å². The number of hydrogen-bond acceptors (Lipinski definition) is 2. The first-order valence-corrected chi connectivity index (χ1v) is 7.90. The molecule has 1 nitrogen and oxygen atoms in total. The van der Waals surface area contributed by atoms with E-state index >= 15 is 0 Å². The normalized spacial score (nSPS) is 38.8. The van der Waals surface area contributed by atoms with Crippen molar-refractivity contribution in [3.8, 4) is 0 Å². The lowest BCUT2D eigenvalue weighted by Gasteiger charge is -2.50. The van der Waals surface area contributed by atoms with E-state index in [2.05, 4.69) is 31.4 Å². The Morgan fingerprint density at radius 2 is 2.00 bits per heavy atom. The molecule has 2 saturated carbocycles. The second kappa shape index (κ2) is 3.83. The molecule has 94 valence electrons. The Bertz CT molecular complexity index is 393. The van der Waals surface area contributed by atoms with Gasteiger partial charge in [-0.3, -0.25) is 0 Å². The molecule has 0 amide bonds. The molecule has 3 rings (SSSR count). The molecule has 0 aliphatic heterocycles. The molecule has 0 saturated heterocycles. The van der Waals surface area contributed by atoms with Crippen LogP contribution < -0.4 is 5.73 Å². The monoisotopic (exact) mass is 249 g/mol. The standard InChI is InChI=1S/C15H23NS/c1-3-14(4-2)11-7-8-12(10-11)15(14,16)13-6-5-9-17-13/h5-6,9,11-12H,3-4,7-8,10,16H2,1-2H3/t11-,12+,15-/m0/s1. The van der Waals surface area contributed by atoms with Crippen LogP contribution in [0.1, 0.15) is 50.8 Å². The van der Waals surface area contributed by atoms with E-state index in [9.17, 15) is 0 Å². The molecule has 0 unspecified atom stereocenters. The van der Waals surface area contributed by atoms with Gasteiger partial charge in [0, 0.05) is 4.88 Å². The van der Waals surface area contributed by atoms with Gasteiger partial charge in [0.1, 0.15) is 0 Å². The van der Waals surface area contributed by atoms with Crippen molar-refractivity contribution < 1.29 is 0 Å². The molecule has 2 aliphatic carbocycles. The molecular weight excluding hydrogens is 226 g/mol. The fraction of sp³-hybridized carbons (Fsp3) is 0.733. The molecule has 2 bridgehead atoms. The van der Waals surface area contributed by atoms with Crippen LogP contribution in [0.2, 0.25) is 0 Å². The Balaban J connectivity index is 2.13. The van der Waals surface area contributed by atoms with E-state index in [1.54, 1.807) is 0 Å². The lowest BCUT2D eigenvalue weighted by molar-refractivity contribution is 0.0380. The summed E-state index contributed by atoms with van der Waals surface area (Å²) in [6, 6.07) is 4.43. The first-order valence-electron chi connectivity index (χ1n) is 7.02. The van der Waals surface area contributed by atoms with Gasteiger partial charge < -0.3 is 5.73 Å². The van der Waals surface area contributed by atoms with E-state index in [0.717, 1.165) is 11.8 Å². The fourth-order valence-electron chi connectivity index (χ4n) is 5.01. The minimum atomic E-state index is -0.0341. The van der Waals surface area contributed by atoms with Crippen LogP contribution in [0.25, 0.3) is 0 Å². The minimum absolute atomic E-state index is 0.0341. The second-order valence-electron chi connectivity index (χ2n) is 5.92. The lowest BCUT2D eigenvalue weighted by Crippen LogP contribution is -2.55. The summed E-state index contributed by atoms with van der Waals surface area (Å²) in [6.07, 6.45) is 6.60. The summed E-state index contributed by atoms with van der Waals surface area (Å²) in [6.45, 7) is 4.69. The molecular formula is C15H23NS. The van der Waals surface area contributed by atoms with Gasteiger partial charge in [0.05, 0.1) is 5.54 Å². The minimum Gasteiger partial charge on any atom is -0.320 e. The average molecular weight is 249 g/mol. The maximum Gasteiger partial charge on any atom is 0.0591 e. The van der Waals surface area contributed by atoms with Crippen LogP contribution in [0.4, 0.5) is 0 Å². The highest BCUT2D eigenvalue weighted by molar-refractivity contribution is 7.10. The quantitative estimate of drug-likeness (QED) is 0.856. The van der Waals surface area contributed by atoms with Gasteiger partial charge >= 0.3 is 0 Å². The molecule has 2 N–H and O–H groups in total. The van der Waals surface area contributed by atoms with Crippen LogP contribution in [0, 0.1) is 17.3 Å². The van der Waals surface area contributed by atoms with Gasteiger partial charge in [-0.25, -0.2) is 0 Å². The third-order valence-corrected chi connectivity index (χ3v) is 6.89. The van der Waals surface area contributed by atoms with Crippen molar-refractivity contribution in [3.05, 3.63) is 22.4 Å². The van der Waals surface area contributed by atoms with Crippen LogP contribution in [0.15, 0.2) is 17.5 Å². The first kappa shape index (κ1) is 11.7. The van der Waals surface area contributed by atoms with Crippen LogP contribution in [0.5, 0.6) is 0 Å².